The molecule has 0 saturated carbocycles. The molecule has 100 valence electrons. The Morgan fingerprint density at radius 2 is 2.00 bits per heavy atom. The van der Waals surface area contributed by atoms with Crippen LogP contribution < -0.4 is 5.56 Å². The van der Waals surface area contributed by atoms with Crippen molar-refractivity contribution in [1.82, 2.24) is 9.38 Å². The van der Waals surface area contributed by atoms with Gasteiger partial charge in [-0.2, -0.15) is 0 Å². The maximum atomic E-state index is 12.1. The number of halogens is 1. The summed E-state index contributed by atoms with van der Waals surface area (Å²) in [5, 5.41) is 2.56. The van der Waals surface area contributed by atoms with Crippen LogP contribution in [0, 0.1) is 6.92 Å². The monoisotopic (exact) mass is 302 g/mol. The highest BCUT2D eigenvalue weighted by Gasteiger charge is 2.06. The molecule has 0 spiro atoms. The van der Waals surface area contributed by atoms with Crippen molar-refractivity contribution in [2.75, 3.05) is 0 Å². The first kappa shape index (κ1) is 13.1. The average Bonchev–Trinajstić information content (AvgIpc) is 2.91. The quantitative estimate of drug-likeness (QED) is 0.720. The van der Waals surface area contributed by atoms with E-state index in [4.69, 9.17) is 11.6 Å². The van der Waals surface area contributed by atoms with E-state index in [0.29, 0.717) is 21.2 Å². The highest BCUT2D eigenvalue weighted by molar-refractivity contribution is 7.15. The fourth-order valence-electron chi connectivity index (χ4n) is 1.90. The van der Waals surface area contributed by atoms with Crippen LogP contribution in [0.25, 0.3) is 17.1 Å². The lowest BCUT2D eigenvalue weighted by atomic mass is 10.1. The molecule has 3 rings (SSSR count). The van der Waals surface area contributed by atoms with Crippen molar-refractivity contribution >= 4 is 40.1 Å². The summed E-state index contributed by atoms with van der Waals surface area (Å²) in [6, 6.07) is 7.51. The van der Waals surface area contributed by atoms with Crippen LogP contribution in [0.4, 0.5) is 0 Å². The molecule has 0 N–H and O–H groups in total. The molecule has 2 aromatic heterocycles. The van der Waals surface area contributed by atoms with Gasteiger partial charge >= 0.3 is 0 Å². The molecule has 0 atom stereocenters. The maximum absolute atomic E-state index is 12.1. The van der Waals surface area contributed by atoms with Gasteiger partial charge in [-0.3, -0.25) is 9.20 Å². The molecule has 0 fully saturated rings. The normalized spacial score (nSPS) is 11.5. The zero-order valence-corrected chi connectivity index (χ0v) is 12.3. The number of fused-ring (bicyclic) bond motifs is 1. The van der Waals surface area contributed by atoms with Gasteiger partial charge in [0.25, 0.3) is 5.56 Å². The summed E-state index contributed by atoms with van der Waals surface area (Å²) in [5.74, 6) is 0. The number of hydrogen-bond acceptors (Lipinski definition) is 3. The van der Waals surface area contributed by atoms with Gasteiger partial charge < -0.3 is 0 Å². The zero-order valence-electron chi connectivity index (χ0n) is 10.7. The molecule has 0 saturated heterocycles. The van der Waals surface area contributed by atoms with Gasteiger partial charge in [-0.1, -0.05) is 29.8 Å². The van der Waals surface area contributed by atoms with E-state index in [0.717, 1.165) is 5.56 Å². The van der Waals surface area contributed by atoms with E-state index in [1.165, 1.54) is 11.3 Å². The van der Waals surface area contributed by atoms with Crippen molar-refractivity contribution in [3.05, 3.63) is 68.0 Å². The lowest BCUT2D eigenvalue weighted by Crippen LogP contribution is -2.17. The minimum absolute atomic E-state index is 0.0213. The second kappa shape index (κ2) is 5.23. The van der Waals surface area contributed by atoms with E-state index in [1.54, 1.807) is 17.5 Å². The van der Waals surface area contributed by atoms with Crippen molar-refractivity contribution in [3.63, 3.8) is 0 Å². The van der Waals surface area contributed by atoms with Gasteiger partial charge in [0, 0.05) is 22.2 Å². The summed E-state index contributed by atoms with van der Waals surface area (Å²) in [7, 11) is 0. The summed E-state index contributed by atoms with van der Waals surface area (Å²) in [6.07, 6.45) is 5.53. The summed E-state index contributed by atoms with van der Waals surface area (Å²) in [4.78, 5) is 17.3. The SMILES string of the molecule is Cc1c(/C=C/c2ccc(Cl)cc2)nc2sccn2c1=O. The van der Waals surface area contributed by atoms with Crippen LogP contribution in [-0.4, -0.2) is 9.38 Å². The van der Waals surface area contributed by atoms with E-state index < -0.39 is 0 Å². The highest BCUT2D eigenvalue weighted by atomic mass is 35.5. The number of benzene rings is 1. The summed E-state index contributed by atoms with van der Waals surface area (Å²) >= 11 is 7.30. The molecule has 0 aliphatic heterocycles. The number of aromatic nitrogens is 2. The van der Waals surface area contributed by atoms with Gasteiger partial charge in [0.15, 0.2) is 4.96 Å². The first-order chi connectivity index (χ1) is 9.65. The molecule has 3 nitrogen and oxygen atoms in total. The van der Waals surface area contributed by atoms with Crippen molar-refractivity contribution in [3.8, 4) is 0 Å². The molecular weight excluding hydrogens is 292 g/mol. The van der Waals surface area contributed by atoms with Crippen molar-refractivity contribution < 1.29 is 0 Å². The van der Waals surface area contributed by atoms with E-state index in [-0.39, 0.29) is 5.56 Å². The van der Waals surface area contributed by atoms with Crippen LogP contribution in [0.2, 0.25) is 5.02 Å². The Morgan fingerprint density at radius 3 is 2.75 bits per heavy atom. The van der Waals surface area contributed by atoms with Gasteiger partial charge in [-0.15, -0.1) is 11.3 Å². The predicted octanol–water partition coefficient (Wildman–Crippen LogP) is 3.89. The largest absolute Gasteiger partial charge is 0.269 e. The zero-order chi connectivity index (χ0) is 14.1. The third-order valence-electron chi connectivity index (χ3n) is 3.03. The topological polar surface area (TPSA) is 34.4 Å². The first-order valence-electron chi connectivity index (χ1n) is 6.05. The van der Waals surface area contributed by atoms with Gasteiger partial charge in [0.1, 0.15) is 0 Å². The molecule has 0 radical (unpaired) electrons. The minimum atomic E-state index is -0.0213. The number of nitrogens with zero attached hydrogens (tertiary/aromatic N) is 2. The number of hydrogen-bond donors (Lipinski definition) is 0. The van der Waals surface area contributed by atoms with Crippen molar-refractivity contribution in [2.24, 2.45) is 0 Å². The van der Waals surface area contributed by atoms with Crippen LogP contribution in [-0.2, 0) is 0 Å². The average molecular weight is 303 g/mol. The maximum Gasteiger partial charge on any atom is 0.262 e. The smallest absolute Gasteiger partial charge is 0.262 e. The molecule has 0 aliphatic rings. The molecule has 0 bridgehead atoms. The van der Waals surface area contributed by atoms with Crippen molar-refractivity contribution in [1.29, 1.82) is 0 Å². The van der Waals surface area contributed by atoms with Gasteiger partial charge in [-0.25, -0.2) is 4.98 Å². The minimum Gasteiger partial charge on any atom is -0.269 e. The Hall–Kier alpha value is -1.91. The van der Waals surface area contributed by atoms with Crippen LogP contribution in [0.3, 0.4) is 0 Å². The Morgan fingerprint density at radius 1 is 1.25 bits per heavy atom. The highest BCUT2D eigenvalue weighted by Crippen LogP contribution is 2.14. The van der Waals surface area contributed by atoms with E-state index >= 15 is 0 Å². The molecule has 5 heteroatoms. The van der Waals surface area contributed by atoms with Gasteiger partial charge in [0.2, 0.25) is 0 Å². The molecule has 1 aromatic carbocycles. The molecule has 2 heterocycles. The Kier molecular flexibility index (Phi) is 3.42. The van der Waals surface area contributed by atoms with E-state index in [9.17, 15) is 4.79 Å². The summed E-state index contributed by atoms with van der Waals surface area (Å²) in [6.45, 7) is 1.79. The van der Waals surface area contributed by atoms with Crippen LogP contribution in [0.1, 0.15) is 16.8 Å². The Balaban J connectivity index is 2.04. The third kappa shape index (κ3) is 2.40. The molecule has 20 heavy (non-hydrogen) atoms. The van der Waals surface area contributed by atoms with Crippen LogP contribution in [0.5, 0.6) is 0 Å². The molecular formula is C15H11ClN2OS. The lowest BCUT2D eigenvalue weighted by Gasteiger charge is -2.00. The molecule has 0 amide bonds. The Labute approximate surface area is 124 Å². The number of thiazole rings is 1. The van der Waals surface area contributed by atoms with Gasteiger partial charge in [-0.05, 0) is 30.7 Å². The Bertz CT molecular complexity index is 846. The molecule has 0 unspecified atom stereocenters. The second-order valence-electron chi connectivity index (χ2n) is 4.37. The van der Waals surface area contributed by atoms with Crippen molar-refractivity contribution in [2.45, 2.75) is 6.92 Å². The lowest BCUT2D eigenvalue weighted by molar-refractivity contribution is 1.03. The van der Waals surface area contributed by atoms with Gasteiger partial charge in [0.05, 0.1) is 5.69 Å². The first-order valence-corrected chi connectivity index (χ1v) is 7.31. The molecule has 0 aliphatic carbocycles. The van der Waals surface area contributed by atoms with Crippen LogP contribution >= 0.6 is 22.9 Å². The third-order valence-corrected chi connectivity index (χ3v) is 4.04. The predicted molar refractivity (Wildman–Crippen MR) is 84.5 cm³/mol. The molecule has 3 aromatic rings. The van der Waals surface area contributed by atoms with E-state index in [1.807, 2.05) is 41.8 Å². The van der Waals surface area contributed by atoms with E-state index in [2.05, 4.69) is 4.98 Å². The number of rotatable bonds is 2. The van der Waals surface area contributed by atoms with Crippen LogP contribution in [0.15, 0.2) is 40.6 Å². The summed E-state index contributed by atoms with van der Waals surface area (Å²) in [5.41, 5.74) is 2.34. The summed E-state index contributed by atoms with van der Waals surface area (Å²) < 4.78 is 1.57. The standard InChI is InChI=1S/C15H11ClN2OS/c1-10-13(7-4-11-2-5-12(16)6-3-11)17-15-18(14(10)19)8-9-20-15/h2-9H,1H3/b7-4+. The fraction of sp³-hybridized carbons (Fsp3) is 0.0667. The fourth-order valence-corrected chi connectivity index (χ4v) is 2.73. The second-order valence-corrected chi connectivity index (χ2v) is 5.68.